The molecule has 2 fully saturated rings. The molecule has 2 N–H and O–H groups in total. The van der Waals surface area contributed by atoms with Crippen molar-refractivity contribution in [1.82, 2.24) is 25.3 Å². The first-order valence-electron chi connectivity index (χ1n) is 10.7. The number of pyridine rings is 1. The molecule has 0 saturated carbocycles. The van der Waals surface area contributed by atoms with Crippen LogP contribution in [0.15, 0.2) is 49.1 Å². The lowest BCUT2D eigenvalue weighted by Crippen LogP contribution is -2.42. The van der Waals surface area contributed by atoms with Gasteiger partial charge in [-0.05, 0) is 42.2 Å². The number of benzene rings is 1. The van der Waals surface area contributed by atoms with E-state index >= 15 is 0 Å². The van der Waals surface area contributed by atoms with Gasteiger partial charge in [0.25, 0.3) is 5.91 Å². The van der Waals surface area contributed by atoms with E-state index in [0.29, 0.717) is 11.4 Å². The summed E-state index contributed by atoms with van der Waals surface area (Å²) in [5.74, 6) is 0.0395. The number of rotatable bonds is 4. The van der Waals surface area contributed by atoms with Crippen LogP contribution in [-0.2, 0) is 6.54 Å². The molecule has 1 spiro atoms. The first-order chi connectivity index (χ1) is 15.2. The van der Waals surface area contributed by atoms with Gasteiger partial charge < -0.3 is 4.90 Å². The largest absolute Gasteiger partial charge is 0.341 e. The molecular formula is C23H26N6O2. The van der Waals surface area contributed by atoms with Gasteiger partial charge in [0.05, 0.1) is 5.56 Å². The van der Waals surface area contributed by atoms with Crippen LogP contribution in [0.1, 0.15) is 35.2 Å². The van der Waals surface area contributed by atoms with Gasteiger partial charge in [-0.3, -0.25) is 19.9 Å². The van der Waals surface area contributed by atoms with Crippen LogP contribution in [0, 0.1) is 5.41 Å². The number of carbonyl (C=O) groups excluding carboxylic acids is 1. The normalized spacial score (nSPS) is 18.5. The Morgan fingerprint density at radius 3 is 2.55 bits per heavy atom. The Hall–Kier alpha value is -3.10. The molecule has 4 heterocycles. The second-order valence-electron chi connectivity index (χ2n) is 8.68. The molecule has 1 aromatic carbocycles. The second kappa shape index (κ2) is 8.20. The number of fused-ring (bicyclic) bond motifs is 1. The molecule has 3 aromatic rings. The van der Waals surface area contributed by atoms with Crippen LogP contribution in [0.5, 0.6) is 0 Å². The van der Waals surface area contributed by atoms with Crippen molar-refractivity contribution in [1.29, 1.82) is 0 Å². The maximum absolute atomic E-state index is 11.4. The average Bonchev–Trinajstić information content (AvgIpc) is 3.21. The van der Waals surface area contributed by atoms with Crippen LogP contribution in [0.4, 0.5) is 5.95 Å². The SMILES string of the molecule is O=C(NO)c1cnc(N2CCC3(CCN(Cc4cncc5ccccc45)C3)CC2)nc1. The lowest BCUT2D eigenvalue weighted by Gasteiger charge is -2.39. The summed E-state index contributed by atoms with van der Waals surface area (Å²) < 4.78 is 0. The van der Waals surface area contributed by atoms with E-state index in [1.807, 2.05) is 12.4 Å². The molecule has 0 radical (unpaired) electrons. The molecule has 31 heavy (non-hydrogen) atoms. The Morgan fingerprint density at radius 2 is 1.77 bits per heavy atom. The van der Waals surface area contributed by atoms with Crippen LogP contribution in [0.2, 0.25) is 0 Å². The fourth-order valence-corrected chi connectivity index (χ4v) is 4.96. The van der Waals surface area contributed by atoms with Gasteiger partial charge in [0.15, 0.2) is 0 Å². The summed E-state index contributed by atoms with van der Waals surface area (Å²) >= 11 is 0. The van der Waals surface area contributed by atoms with Crippen molar-refractivity contribution in [3.63, 3.8) is 0 Å². The monoisotopic (exact) mass is 418 g/mol. The predicted octanol–water partition coefficient (Wildman–Crippen LogP) is 2.64. The van der Waals surface area contributed by atoms with Crippen molar-refractivity contribution < 1.29 is 10.0 Å². The number of aromatic nitrogens is 3. The van der Waals surface area contributed by atoms with Crippen LogP contribution in [-0.4, -0.2) is 57.1 Å². The molecule has 8 heteroatoms. The zero-order valence-corrected chi connectivity index (χ0v) is 17.4. The van der Waals surface area contributed by atoms with Gasteiger partial charge >= 0.3 is 0 Å². The number of nitrogens with one attached hydrogen (secondary N) is 1. The van der Waals surface area contributed by atoms with E-state index in [1.165, 1.54) is 35.2 Å². The Balaban J connectivity index is 1.21. The highest BCUT2D eigenvalue weighted by molar-refractivity contribution is 5.92. The minimum Gasteiger partial charge on any atom is -0.341 e. The van der Waals surface area contributed by atoms with Crippen LogP contribution < -0.4 is 10.4 Å². The summed E-state index contributed by atoms with van der Waals surface area (Å²) in [4.78, 5) is 29.3. The fraction of sp³-hybridized carbons (Fsp3) is 0.391. The van der Waals surface area contributed by atoms with Crippen molar-refractivity contribution >= 4 is 22.6 Å². The highest BCUT2D eigenvalue weighted by atomic mass is 16.5. The van der Waals surface area contributed by atoms with Crippen molar-refractivity contribution in [2.75, 3.05) is 31.1 Å². The molecule has 8 nitrogen and oxygen atoms in total. The number of carbonyl (C=O) groups is 1. The van der Waals surface area contributed by atoms with E-state index in [2.05, 4.69) is 49.0 Å². The number of nitrogens with zero attached hydrogens (tertiary/aromatic N) is 5. The van der Waals surface area contributed by atoms with E-state index < -0.39 is 5.91 Å². The summed E-state index contributed by atoms with van der Waals surface area (Å²) in [6.07, 6.45) is 10.3. The van der Waals surface area contributed by atoms with Gasteiger partial charge in [-0.1, -0.05) is 24.3 Å². The molecule has 2 aliphatic heterocycles. The molecule has 0 unspecified atom stereocenters. The topological polar surface area (TPSA) is 94.5 Å². The Labute approximate surface area is 180 Å². The number of hydrogen-bond acceptors (Lipinski definition) is 7. The van der Waals surface area contributed by atoms with E-state index in [0.717, 1.165) is 45.6 Å². The predicted molar refractivity (Wildman–Crippen MR) is 117 cm³/mol. The maximum atomic E-state index is 11.4. The molecule has 0 atom stereocenters. The summed E-state index contributed by atoms with van der Waals surface area (Å²) in [6, 6.07) is 8.47. The minimum absolute atomic E-state index is 0.245. The lowest BCUT2D eigenvalue weighted by molar-refractivity contribution is 0.0705. The lowest BCUT2D eigenvalue weighted by atomic mass is 9.78. The van der Waals surface area contributed by atoms with E-state index in [9.17, 15) is 4.79 Å². The van der Waals surface area contributed by atoms with Gasteiger partial charge in [0, 0.05) is 56.4 Å². The quantitative estimate of drug-likeness (QED) is 0.497. The molecular weight excluding hydrogens is 392 g/mol. The Morgan fingerprint density at radius 1 is 1.03 bits per heavy atom. The van der Waals surface area contributed by atoms with E-state index in [4.69, 9.17) is 5.21 Å². The number of anilines is 1. The third-order valence-electron chi connectivity index (χ3n) is 6.77. The van der Waals surface area contributed by atoms with Crippen molar-refractivity contribution in [2.45, 2.75) is 25.8 Å². The summed E-state index contributed by atoms with van der Waals surface area (Å²) in [5.41, 5.74) is 3.50. The van der Waals surface area contributed by atoms with Crippen LogP contribution in [0.25, 0.3) is 10.8 Å². The number of amides is 1. The first-order valence-corrected chi connectivity index (χ1v) is 10.7. The van der Waals surface area contributed by atoms with Crippen LogP contribution >= 0.6 is 0 Å². The number of hydrogen-bond donors (Lipinski definition) is 2. The molecule has 160 valence electrons. The number of piperidine rings is 1. The van der Waals surface area contributed by atoms with Gasteiger partial charge in [0.2, 0.25) is 5.95 Å². The van der Waals surface area contributed by atoms with Crippen molar-refractivity contribution in [3.8, 4) is 0 Å². The molecule has 2 saturated heterocycles. The average molecular weight is 419 g/mol. The summed E-state index contributed by atoms with van der Waals surface area (Å²) in [6.45, 7) is 4.99. The second-order valence-corrected chi connectivity index (χ2v) is 8.68. The highest BCUT2D eigenvalue weighted by Crippen LogP contribution is 2.41. The van der Waals surface area contributed by atoms with E-state index in [-0.39, 0.29) is 5.56 Å². The summed E-state index contributed by atoms with van der Waals surface area (Å²) in [5, 5.41) is 11.2. The fourth-order valence-electron chi connectivity index (χ4n) is 4.96. The van der Waals surface area contributed by atoms with Crippen molar-refractivity contribution in [3.05, 3.63) is 60.2 Å². The minimum atomic E-state index is -0.600. The van der Waals surface area contributed by atoms with Crippen LogP contribution in [0.3, 0.4) is 0 Å². The highest BCUT2D eigenvalue weighted by Gasteiger charge is 2.40. The molecule has 2 aromatic heterocycles. The zero-order valence-electron chi connectivity index (χ0n) is 17.4. The van der Waals surface area contributed by atoms with Crippen molar-refractivity contribution in [2.24, 2.45) is 5.41 Å². The summed E-state index contributed by atoms with van der Waals surface area (Å²) in [7, 11) is 0. The smallest absolute Gasteiger partial charge is 0.277 e. The molecule has 1 amide bonds. The maximum Gasteiger partial charge on any atom is 0.277 e. The molecule has 5 rings (SSSR count). The molecule has 0 aliphatic carbocycles. The Kier molecular flexibility index (Phi) is 5.25. The zero-order chi connectivity index (χ0) is 21.3. The number of likely N-dealkylation sites (tertiary alicyclic amines) is 1. The van der Waals surface area contributed by atoms with E-state index in [1.54, 1.807) is 5.48 Å². The third-order valence-corrected chi connectivity index (χ3v) is 6.77. The Bertz CT molecular complexity index is 1070. The third kappa shape index (κ3) is 3.96. The van der Waals surface area contributed by atoms with Gasteiger partial charge in [-0.2, -0.15) is 0 Å². The van der Waals surface area contributed by atoms with Gasteiger partial charge in [-0.15, -0.1) is 0 Å². The van der Waals surface area contributed by atoms with Gasteiger partial charge in [-0.25, -0.2) is 15.4 Å². The van der Waals surface area contributed by atoms with Gasteiger partial charge in [0.1, 0.15) is 0 Å². The number of hydroxylamine groups is 1. The molecule has 2 aliphatic rings. The standard InChI is InChI=1S/C23H26N6O2/c30-21(27-31)18-13-25-22(26-14-18)29-9-6-23(7-10-29)5-8-28(16-23)15-19-12-24-11-17-3-1-2-4-20(17)19/h1-4,11-14,31H,5-10,15-16H2,(H,27,30). The molecule has 0 bridgehead atoms. The first kappa shape index (κ1) is 19.8.